The molecule has 0 N–H and O–H groups in total. The van der Waals surface area contributed by atoms with Crippen molar-refractivity contribution in [1.29, 1.82) is 0 Å². The minimum Gasteiger partial charge on any atom is -0.359 e. The normalized spacial score (nSPS) is 10.9. The molecule has 0 bridgehead atoms. The van der Waals surface area contributed by atoms with Gasteiger partial charge in [-0.15, -0.1) is 0 Å². The number of tetrazole rings is 1. The van der Waals surface area contributed by atoms with Crippen LogP contribution in [0.5, 0.6) is 0 Å². The van der Waals surface area contributed by atoms with Crippen molar-refractivity contribution >= 4 is 11.6 Å². The molecule has 0 spiro atoms. The van der Waals surface area contributed by atoms with E-state index in [4.69, 9.17) is 16.1 Å². The number of hydrogen-bond acceptors (Lipinski definition) is 5. The minimum absolute atomic E-state index is 0.171. The average Bonchev–Trinajstić information content (AvgIpc) is 2.99. The highest BCUT2D eigenvalue weighted by Crippen LogP contribution is 2.16. The molecule has 20 heavy (non-hydrogen) atoms. The molecular formula is C12H10ClN5O2. The van der Waals surface area contributed by atoms with Gasteiger partial charge in [-0.25, -0.2) is 4.79 Å². The smallest absolute Gasteiger partial charge is 0.359 e. The maximum Gasteiger partial charge on any atom is 0.368 e. The summed E-state index contributed by atoms with van der Waals surface area (Å²) in [6, 6.07) is 8.66. The van der Waals surface area contributed by atoms with E-state index in [-0.39, 0.29) is 6.54 Å². The van der Waals surface area contributed by atoms with E-state index in [1.54, 1.807) is 37.3 Å². The summed E-state index contributed by atoms with van der Waals surface area (Å²) < 4.78 is 7.38. The zero-order chi connectivity index (χ0) is 14.1. The van der Waals surface area contributed by atoms with E-state index in [1.807, 2.05) is 0 Å². The predicted octanol–water partition coefficient (Wildman–Crippen LogP) is 1.43. The van der Waals surface area contributed by atoms with Crippen molar-refractivity contribution in [2.75, 3.05) is 0 Å². The van der Waals surface area contributed by atoms with E-state index in [2.05, 4.69) is 15.6 Å². The molecule has 3 aromatic rings. The molecule has 0 aliphatic heterocycles. The Hall–Kier alpha value is -2.41. The first-order valence-corrected chi connectivity index (χ1v) is 6.23. The van der Waals surface area contributed by atoms with Gasteiger partial charge in [-0.3, -0.25) is 0 Å². The van der Waals surface area contributed by atoms with E-state index in [0.29, 0.717) is 16.5 Å². The van der Waals surface area contributed by atoms with Crippen LogP contribution >= 0.6 is 11.6 Å². The molecule has 0 saturated carbocycles. The fourth-order valence-electron chi connectivity index (χ4n) is 1.79. The fourth-order valence-corrected chi connectivity index (χ4v) is 2.00. The summed E-state index contributed by atoms with van der Waals surface area (Å²) in [5, 5.41) is 11.8. The highest BCUT2D eigenvalue weighted by atomic mass is 35.5. The van der Waals surface area contributed by atoms with Crippen LogP contribution < -0.4 is 5.69 Å². The van der Waals surface area contributed by atoms with Gasteiger partial charge in [-0.2, -0.15) is 9.36 Å². The topological polar surface area (TPSA) is 78.7 Å². The third-order valence-corrected chi connectivity index (χ3v) is 3.02. The number of benzene rings is 1. The summed E-state index contributed by atoms with van der Waals surface area (Å²) in [7, 11) is 0. The van der Waals surface area contributed by atoms with Crippen molar-refractivity contribution in [2.24, 2.45) is 0 Å². The number of aryl methyl sites for hydroxylation is 1. The number of nitrogens with zero attached hydrogens (tertiary/aromatic N) is 5. The monoisotopic (exact) mass is 291 g/mol. The van der Waals surface area contributed by atoms with Gasteiger partial charge in [0.1, 0.15) is 6.54 Å². The largest absolute Gasteiger partial charge is 0.368 e. The highest BCUT2D eigenvalue weighted by molar-refractivity contribution is 6.32. The third kappa shape index (κ3) is 2.23. The summed E-state index contributed by atoms with van der Waals surface area (Å²) in [6.45, 7) is 1.97. The van der Waals surface area contributed by atoms with Crippen molar-refractivity contribution in [3.05, 3.63) is 57.3 Å². The number of halogens is 1. The Labute approximate surface area is 118 Å². The summed E-state index contributed by atoms with van der Waals surface area (Å²) in [5.74, 6) is 0.538. The van der Waals surface area contributed by atoms with Crippen molar-refractivity contribution in [2.45, 2.75) is 13.5 Å². The van der Waals surface area contributed by atoms with E-state index in [1.165, 1.54) is 4.68 Å². The summed E-state index contributed by atoms with van der Waals surface area (Å²) in [5.41, 5.74) is 0.831. The Morgan fingerprint density at radius 2 is 2.10 bits per heavy atom. The Kier molecular flexibility index (Phi) is 3.11. The van der Waals surface area contributed by atoms with Crippen LogP contribution in [0.15, 0.2) is 39.6 Å². The molecule has 0 unspecified atom stereocenters. The molecule has 0 saturated heterocycles. The molecule has 0 aliphatic carbocycles. The molecule has 8 heteroatoms. The average molecular weight is 292 g/mol. The quantitative estimate of drug-likeness (QED) is 0.729. The van der Waals surface area contributed by atoms with Gasteiger partial charge in [0.15, 0.2) is 5.76 Å². The van der Waals surface area contributed by atoms with Crippen molar-refractivity contribution in [3.8, 4) is 5.69 Å². The Morgan fingerprint density at radius 3 is 2.80 bits per heavy atom. The van der Waals surface area contributed by atoms with Crippen molar-refractivity contribution in [3.63, 3.8) is 0 Å². The Morgan fingerprint density at radius 1 is 1.30 bits per heavy atom. The molecule has 2 heterocycles. The van der Waals surface area contributed by atoms with Crippen molar-refractivity contribution in [1.82, 2.24) is 24.9 Å². The standard InChI is InChI=1S/C12H10ClN5O2/c1-8-6-9(20-14-8)7-17-12(19)18(16-15-17)11-5-3-2-4-10(11)13/h2-6H,7H2,1H3. The lowest BCUT2D eigenvalue weighted by molar-refractivity contribution is 0.365. The van der Waals surface area contributed by atoms with Gasteiger partial charge in [0.2, 0.25) is 0 Å². The molecule has 1 aromatic carbocycles. The van der Waals surface area contributed by atoms with Gasteiger partial charge in [0, 0.05) is 6.07 Å². The maximum absolute atomic E-state index is 12.2. The second-order valence-electron chi connectivity index (χ2n) is 4.22. The van der Waals surface area contributed by atoms with Crippen LogP contribution in [0.3, 0.4) is 0 Å². The number of hydrogen-bond donors (Lipinski definition) is 0. The van der Waals surface area contributed by atoms with Gasteiger partial charge < -0.3 is 4.52 Å². The van der Waals surface area contributed by atoms with Crippen LogP contribution in [0.4, 0.5) is 0 Å². The van der Waals surface area contributed by atoms with Crippen LogP contribution in [0, 0.1) is 6.92 Å². The van der Waals surface area contributed by atoms with Gasteiger partial charge in [-0.1, -0.05) is 28.9 Å². The van der Waals surface area contributed by atoms with E-state index in [9.17, 15) is 4.79 Å². The lowest BCUT2D eigenvalue weighted by atomic mass is 10.3. The zero-order valence-electron chi connectivity index (χ0n) is 10.5. The second-order valence-corrected chi connectivity index (χ2v) is 4.62. The first-order valence-electron chi connectivity index (χ1n) is 5.85. The van der Waals surface area contributed by atoms with Gasteiger partial charge in [-0.05, 0) is 29.5 Å². The third-order valence-electron chi connectivity index (χ3n) is 2.70. The second kappa shape index (κ2) is 4.93. The lowest BCUT2D eigenvalue weighted by Crippen LogP contribution is -2.24. The van der Waals surface area contributed by atoms with Gasteiger partial charge in [0.05, 0.1) is 16.4 Å². The summed E-state index contributed by atoms with van der Waals surface area (Å²) >= 11 is 6.04. The Balaban J connectivity index is 1.97. The Bertz CT molecular complexity index is 804. The first kappa shape index (κ1) is 12.6. The SMILES string of the molecule is Cc1cc(Cn2nnn(-c3ccccc3Cl)c2=O)on1. The molecular weight excluding hydrogens is 282 g/mol. The summed E-state index contributed by atoms with van der Waals surface area (Å²) in [4.78, 5) is 12.2. The van der Waals surface area contributed by atoms with Crippen LogP contribution in [-0.2, 0) is 6.54 Å². The van der Waals surface area contributed by atoms with Gasteiger partial charge in [0.25, 0.3) is 0 Å². The van der Waals surface area contributed by atoms with Gasteiger partial charge >= 0.3 is 5.69 Å². The first-order chi connectivity index (χ1) is 9.65. The van der Waals surface area contributed by atoms with Crippen LogP contribution in [0.25, 0.3) is 5.69 Å². The predicted molar refractivity (Wildman–Crippen MR) is 71.0 cm³/mol. The number of rotatable bonds is 3. The minimum atomic E-state index is -0.396. The number of para-hydroxylation sites is 1. The fraction of sp³-hybridized carbons (Fsp3) is 0.167. The van der Waals surface area contributed by atoms with E-state index >= 15 is 0 Å². The van der Waals surface area contributed by atoms with Crippen LogP contribution in [0.1, 0.15) is 11.5 Å². The van der Waals surface area contributed by atoms with Crippen LogP contribution in [0.2, 0.25) is 5.02 Å². The summed E-state index contributed by atoms with van der Waals surface area (Å²) in [6.07, 6.45) is 0. The molecule has 7 nitrogen and oxygen atoms in total. The molecule has 3 rings (SSSR count). The van der Waals surface area contributed by atoms with Crippen LogP contribution in [-0.4, -0.2) is 24.9 Å². The number of aromatic nitrogens is 5. The maximum atomic E-state index is 12.2. The molecule has 102 valence electrons. The molecule has 0 fully saturated rings. The molecule has 0 radical (unpaired) electrons. The van der Waals surface area contributed by atoms with Crippen molar-refractivity contribution < 1.29 is 4.52 Å². The molecule has 0 atom stereocenters. The lowest BCUT2D eigenvalue weighted by Gasteiger charge is -1.99. The molecule has 0 amide bonds. The zero-order valence-corrected chi connectivity index (χ0v) is 11.3. The van der Waals surface area contributed by atoms with E-state index in [0.717, 1.165) is 10.4 Å². The molecule has 2 aromatic heterocycles. The highest BCUT2D eigenvalue weighted by Gasteiger charge is 2.13. The molecule has 0 aliphatic rings. The van der Waals surface area contributed by atoms with E-state index < -0.39 is 5.69 Å².